The van der Waals surface area contributed by atoms with Gasteiger partial charge in [0, 0.05) is 0 Å². The molecular formula is C14H23N3. The Balaban J connectivity index is 3.16. The highest BCUT2D eigenvalue weighted by atomic mass is 15.1. The van der Waals surface area contributed by atoms with E-state index in [2.05, 4.69) is 55.4 Å². The number of likely N-dealkylation sites (N-methyl/N-ethyl adjacent to an activating group) is 1. The molecule has 0 aliphatic carbocycles. The van der Waals surface area contributed by atoms with Crippen LogP contribution in [0.15, 0.2) is 17.7 Å². The van der Waals surface area contributed by atoms with Crippen molar-refractivity contribution >= 4 is 0 Å². The van der Waals surface area contributed by atoms with E-state index < -0.39 is 0 Å². The minimum Gasteiger partial charge on any atom is -0.307 e. The van der Waals surface area contributed by atoms with E-state index in [0.717, 1.165) is 24.4 Å². The number of hydrogen-bond donors (Lipinski definition) is 1. The largest absolute Gasteiger partial charge is 0.307 e. The summed E-state index contributed by atoms with van der Waals surface area (Å²) in [6.45, 7) is 11.4. The molecule has 0 aromatic carbocycles. The standard InChI is InChI=1S/C14H23N3/c1-6-13-12(9-11(5)16-17-13)14(15-7-2)8-10(3)4/h8-9,14-15H,6-7H2,1-5H3. The van der Waals surface area contributed by atoms with Gasteiger partial charge in [-0.3, -0.25) is 0 Å². The molecule has 0 bridgehead atoms. The van der Waals surface area contributed by atoms with Gasteiger partial charge in [0.25, 0.3) is 0 Å². The molecule has 1 N–H and O–H groups in total. The molecule has 0 aliphatic rings. The van der Waals surface area contributed by atoms with Crippen molar-refractivity contribution in [3.05, 3.63) is 34.7 Å². The van der Waals surface area contributed by atoms with Crippen LogP contribution in [0.25, 0.3) is 0 Å². The molecule has 3 nitrogen and oxygen atoms in total. The molecular weight excluding hydrogens is 210 g/mol. The monoisotopic (exact) mass is 233 g/mol. The van der Waals surface area contributed by atoms with Gasteiger partial charge < -0.3 is 5.32 Å². The minimum atomic E-state index is 0.245. The van der Waals surface area contributed by atoms with Crippen LogP contribution in [0.3, 0.4) is 0 Å². The third kappa shape index (κ3) is 3.93. The molecule has 1 aromatic rings. The summed E-state index contributed by atoms with van der Waals surface area (Å²) in [6.07, 6.45) is 3.17. The molecule has 1 rings (SSSR count). The highest BCUT2D eigenvalue weighted by Gasteiger charge is 2.13. The van der Waals surface area contributed by atoms with E-state index in [1.54, 1.807) is 0 Å². The second kappa shape index (κ2) is 6.50. The predicted molar refractivity (Wildman–Crippen MR) is 72.0 cm³/mol. The number of aryl methyl sites for hydroxylation is 2. The fourth-order valence-electron chi connectivity index (χ4n) is 1.89. The van der Waals surface area contributed by atoms with Crippen LogP contribution >= 0.6 is 0 Å². The molecule has 0 radical (unpaired) electrons. The van der Waals surface area contributed by atoms with Crippen molar-refractivity contribution in [2.75, 3.05) is 6.54 Å². The molecule has 3 heteroatoms. The Labute approximate surface area is 104 Å². The number of nitrogens with one attached hydrogen (secondary N) is 1. The van der Waals surface area contributed by atoms with Crippen LogP contribution in [0.5, 0.6) is 0 Å². The Kier molecular flexibility index (Phi) is 5.29. The van der Waals surface area contributed by atoms with Gasteiger partial charge in [-0.1, -0.05) is 25.5 Å². The SMILES string of the molecule is CCNC(C=C(C)C)c1cc(C)nnc1CC. The zero-order valence-electron chi connectivity index (χ0n) is 11.5. The zero-order chi connectivity index (χ0) is 12.8. The maximum absolute atomic E-state index is 4.29. The fraction of sp³-hybridized carbons (Fsp3) is 0.571. The number of rotatable bonds is 5. The van der Waals surface area contributed by atoms with E-state index in [-0.39, 0.29) is 6.04 Å². The summed E-state index contributed by atoms with van der Waals surface area (Å²) in [4.78, 5) is 0. The topological polar surface area (TPSA) is 37.8 Å². The van der Waals surface area contributed by atoms with Gasteiger partial charge in [0.1, 0.15) is 0 Å². The van der Waals surface area contributed by atoms with Gasteiger partial charge in [-0.25, -0.2) is 0 Å². The first-order valence-corrected chi connectivity index (χ1v) is 6.30. The Hall–Kier alpha value is -1.22. The fourth-order valence-corrected chi connectivity index (χ4v) is 1.89. The lowest BCUT2D eigenvalue weighted by molar-refractivity contribution is 0.630. The van der Waals surface area contributed by atoms with E-state index in [9.17, 15) is 0 Å². The first-order chi connectivity index (χ1) is 8.08. The molecule has 0 fully saturated rings. The van der Waals surface area contributed by atoms with Crippen molar-refractivity contribution in [2.24, 2.45) is 0 Å². The van der Waals surface area contributed by atoms with Crippen LogP contribution < -0.4 is 5.32 Å². The molecule has 0 aliphatic heterocycles. The highest BCUT2D eigenvalue weighted by molar-refractivity contribution is 5.29. The van der Waals surface area contributed by atoms with Crippen LogP contribution in [-0.2, 0) is 6.42 Å². The number of hydrogen-bond acceptors (Lipinski definition) is 3. The maximum atomic E-state index is 4.29. The van der Waals surface area contributed by atoms with E-state index in [1.165, 1.54) is 11.1 Å². The molecule has 1 aromatic heterocycles. The third-order valence-electron chi connectivity index (χ3n) is 2.62. The van der Waals surface area contributed by atoms with Gasteiger partial charge in [-0.2, -0.15) is 10.2 Å². The van der Waals surface area contributed by atoms with Crippen molar-refractivity contribution in [1.82, 2.24) is 15.5 Å². The van der Waals surface area contributed by atoms with E-state index in [1.807, 2.05) is 6.92 Å². The van der Waals surface area contributed by atoms with Crippen LogP contribution in [0.1, 0.15) is 50.7 Å². The molecule has 17 heavy (non-hydrogen) atoms. The highest BCUT2D eigenvalue weighted by Crippen LogP contribution is 2.20. The summed E-state index contributed by atoms with van der Waals surface area (Å²) in [5, 5.41) is 11.9. The van der Waals surface area contributed by atoms with Crippen LogP contribution in [0, 0.1) is 6.92 Å². The molecule has 94 valence electrons. The Morgan fingerprint density at radius 1 is 1.35 bits per heavy atom. The summed E-state index contributed by atoms with van der Waals surface area (Å²) in [7, 11) is 0. The lowest BCUT2D eigenvalue weighted by Crippen LogP contribution is -2.21. The van der Waals surface area contributed by atoms with Crippen LogP contribution in [0.2, 0.25) is 0 Å². The molecule has 0 saturated heterocycles. The number of allylic oxidation sites excluding steroid dienone is 1. The van der Waals surface area contributed by atoms with Gasteiger partial charge in [0.15, 0.2) is 0 Å². The number of aromatic nitrogens is 2. The van der Waals surface area contributed by atoms with Crippen molar-refractivity contribution in [1.29, 1.82) is 0 Å². The van der Waals surface area contributed by atoms with Crippen molar-refractivity contribution in [2.45, 2.75) is 47.1 Å². The van der Waals surface area contributed by atoms with Crippen molar-refractivity contribution in [3.8, 4) is 0 Å². The lowest BCUT2D eigenvalue weighted by atomic mass is 10.0. The first kappa shape index (κ1) is 13.8. The molecule has 0 saturated carbocycles. The third-order valence-corrected chi connectivity index (χ3v) is 2.62. The summed E-state index contributed by atoms with van der Waals surface area (Å²) < 4.78 is 0. The lowest BCUT2D eigenvalue weighted by Gasteiger charge is -2.18. The summed E-state index contributed by atoms with van der Waals surface area (Å²) >= 11 is 0. The molecule has 0 spiro atoms. The molecule has 1 atom stereocenters. The zero-order valence-corrected chi connectivity index (χ0v) is 11.5. The van der Waals surface area contributed by atoms with Gasteiger partial charge >= 0.3 is 0 Å². The smallest absolute Gasteiger partial charge is 0.0679 e. The van der Waals surface area contributed by atoms with E-state index >= 15 is 0 Å². The summed E-state index contributed by atoms with van der Waals surface area (Å²) in [6, 6.07) is 2.38. The van der Waals surface area contributed by atoms with Gasteiger partial charge in [-0.05, 0) is 45.4 Å². The molecule has 0 amide bonds. The normalized spacial score (nSPS) is 12.3. The van der Waals surface area contributed by atoms with E-state index in [0.29, 0.717) is 0 Å². The Bertz CT molecular complexity index is 392. The van der Waals surface area contributed by atoms with Gasteiger partial charge in [0.05, 0.1) is 17.4 Å². The van der Waals surface area contributed by atoms with Crippen LogP contribution in [-0.4, -0.2) is 16.7 Å². The quantitative estimate of drug-likeness (QED) is 0.795. The minimum absolute atomic E-state index is 0.245. The van der Waals surface area contributed by atoms with Gasteiger partial charge in [0.2, 0.25) is 0 Å². The average Bonchev–Trinajstić information content (AvgIpc) is 2.28. The van der Waals surface area contributed by atoms with E-state index in [4.69, 9.17) is 0 Å². The second-order valence-electron chi connectivity index (χ2n) is 4.52. The van der Waals surface area contributed by atoms with Crippen molar-refractivity contribution in [3.63, 3.8) is 0 Å². The Morgan fingerprint density at radius 3 is 2.59 bits per heavy atom. The molecule has 1 heterocycles. The maximum Gasteiger partial charge on any atom is 0.0679 e. The first-order valence-electron chi connectivity index (χ1n) is 6.30. The summed E-state index contributed by atoms with van der Waals surface area (Å²) in [5.74, 6) is 0. The Morgan fingerprint density at radius 2 is 2.06 bits per heavy atom. The summed E-state index contributed by atoms with van der Waals surface area (Å²) in [5.41, 5.74) is 4.62. The average molecular weight is 233 g/mol. The predicted octanol–water partition coefficient (Wildman–Crippen LogP) is 2.96. The van der Waals surface area contributed by atoms with Crippen molar-refractivity contribution < 1.29 is 0 Å². The second-order valence-corrected chi connectivity index (χ2v) is 4.52. The molecule has 1 unspecified atom stereocenters. The van der Waals surface area contributed by atoms with Crippen LogP contribution in [0.4, 0.5) is 0 Å². The number of nitrogens with zero attached hydrogens (tertiary/aromatic N) is 2. The van der Waals surface area contributed by atoms with Gasteiger partial charge in [-0.15, -0.1) is 0 Å².